The molecule has 0 aliphatic carbocycles. The van der Waals surface area contributed by atoms with E-state index in [0.29, 0.717) is 19.6 Å². The van der Waals surface area contributed by atoms with Gasteiger partial charge in [0.2, 0.25) is 5.91 Å². The quantitative estimate of drug-likeness (QED) is 0.756. The number of hydrogen-bond acceptors (Lipinski definition) is 4. The number of nitrogens with zero attached hydrogens (tertiary/aromatic N) is 2. The zero-order valence-electron chi connectivity index (χ0n) is 9.60. The van der Waals surface area contributed by atoms with E-state index >= 15 is 0 Å². The van der Waals surface area contributed by atoms with E-state index < -0.39 is 0 Å². The largest absolute Gasteiger partial charge is 0.506 e. The molecule has 0 atom stereocenters. The molecule has 16 heavy (non-hydrogen) atoms. The lowest BCUT2D eigenvalue weighted by atomic mass is 10.3. The molecule has 0 spiro atoms. The molecular weight excluding hydrogens is 206 g/mol. The number of aromatic hydroxyl groups is 1. The summed E-state index contributed by atoms with van der Waals surface area (Å²) in [5.74, 6) is 0.152. The summed E-state index contributed by atoms with van der Waals surface area (Å²) in [6.45, 7) is 3.46. The lowest BCUT2D eigenvalue weighted by molar-refractivity contribution is -0.121. The first-order valence-corrected chi connectivity index (χ1v) is 5.21. The highest BCUT2D eigenvalue weighted by molar-refractivity contribution is 5.77. The fourth-order valence-electron chi connectivity index (χ4n) is 1.34. The molecule has 1 amide bonds. The molecule has 1 rings (SSSR count). The Hall–Kier alpha value is -1.62. The average Bonchev–Trinajstić information content (AvgIpc) is 2.21. The van der Waals surface area contributed by atoms with Gasteiger partial charge in [-0.15, -0.1) is 0 Å². The molecule has 0 unspecified atom stereocenters. The smallest absolute Gasteiger partial charge is 0.234 e. The lowest BCUT2D eigenvalue weighted by Gasteiger charge is -2.15. The van der Waals surface area contributed by atoms with Crippen molar-refractivity contribution in [2.75, 3.05) is 20.1 Å². The van der Waals surface area contributed by atoms with Gasteiger partial charge in [-0.2, -0.15) is 0 Å². The second kappa shape index (κ2) is 6.07. The van der Waals surface area contributed by atoms with Gasteiger partial charge in [-0.1, -0.05) is 0 Å². The SMILES string of the molecule is CCNC(=O)CN(C)Cc1ccc(O)cn1. The average molecular weight is 223 g/mol. The van der Waals surface area contributed by atoms with Crippen molar-refractivity contribution in [3.63, 3.8) is 0 Å². The van der Waals surface area contributed by atoms with Crippen LogP contribution in [0.15, 0.2) is 18.3 Å². The van der Waals surface area contributed by atoms with Crippen LogP contribution < -0.4 is 5.32 Å². The van der Waals surface area contributed by atoms with Crippen molar-refractivity contribution < 1.29 is 9.90 Å². The molecule has 0 saturated heterocycles. The van der Waals surface area contributed by atoms with Crippen LogP contribution in [-0.2, 0) is 11.3 Å². The van der Waals surface area contributed by atoms with Crippen LogP contribution >= 0.6 is 0 Å². The number of pyridine rings is 1. The molecule has 1 aromatic heterocycles. The second-order valence-corrected chi connectivity index (χ2v) is 3.63. The Bertz CT molecular complexity index is 338. The van der Waals surface area contributed by atoms with Gasteiger partial charge in [0.15, 0.2) is 0 Å². The molecule has 0 bridgehead atoms. The standard InChI is InChI=1S/C11H17N3O2/c1-3-12-11(16)8-14(2)7-9-4-5-10(15)6-13-9/h4-6,15H,3,7-8H2,1-2H3,(H,12,16). The highest BCUT2D eigenvalue weighted by atomic mass is 16.3. The third-order valence-corrected chi connectivity index (χ3v) is 2.03. The highest BCUT2D eigenvalue weighted by Crippen LogP contribution is 2.07. The Balaban J connectivity index is 2.42. The molecule has 88 valence electrons. The molecule has 0 aromatic carbocycles. The van der Waals surface area contributed by atoms with Crippen LogP contribution in [0.3, 0.4) is 0 Å². The number of amides is 1. The van der Waals surface area contributed by atoms with E-state index in [1.54, 1.807) is 12.1 Å². The van der Waals surface area contributed by atoms with Crippen LogP contribution in [-0.4, -0.2) is 41.0 Å². The lowest BCUT2D eigenvalue weighted by Crippen LogP contribution is -2.34. The number of hydrogen-bond donors (Lipinski definition) is 2. The van der Waals surface area contributed by atoms with Gasteiger partial charge in [-0.3, -0.25) is 14.7 Å². The predicted octanol–water partition coefficient (Wildman–Crippen LogP) is 0.355. The van der Waals surface area contributed by atoms with Crippen LogP contribution in [0.4, 0.5) is 0 Å². The summed E-state index contributed by atoms with van der Waals surface area (Å²) in [6, 6.07) is 3.33. The molecule has 1 heterocycles. The minimum Gasteiger partial charge on any atom is -0.506 e. The van der Waals surface area contributed by atoms with Crippen LogP contribution in [0.2, 0.25) is 0 Å². The fraction of sp³-hybridized carbons (Fsp3) is 0.455. The summed E-state index contributed by atoms with van der Waals surface area (Å²) in [5.41, 5.74) is 0.824. The van der Waals surface area contributed by atoms with E-state index in [9.17, 15) is 4.79 Å². The molecule has 0 fully saturated rings. The first-order chi connectivity index (χ1) is 7.61. The van der Waals surface area contributed by atoms with Crippen molar-refractivity contribution in [3.8, 4) is 5.75 Å². The van der Waals surface area contributed by atoms with Gasteiger partial charge in [0.05, 0.1) is 18.4 Å². The van der Waals surface area contributed by atoms with E-state index in [4.69, 9.17) is 5.11 Å². The van der Waals surface area contributed by atoms with Gasteiger partial charge in [0.1, 0.15) is 5.75 Å². The van der Waals surface area contributed by atoms with E-state index in [1.165, 1.54) is 6.20 Å². The third-order valence-electron chi connectivity index (χ3n) is 2.03. The number of nitrogens with one attached hydrogen (secondary N) is 1. The number of rotatable bonds is 5. The Morgan fingerprint density at radius 3 is 2.88 bits per heavy atom. The number of carbonyl (C=O) groups is 1. The van der Waals surface area contributed by atoms with Gasteiger partial charge in [0.25, 0.3) is 0 Å². The minimum absolute atomic E-state index is 0.00350. The number of aromatic nitrogens is 1. The molecule has 1 aromatic rings. The van der Waals surface area contributed by atoms with Crippen LogP contribution in [0.1, 0.15) is 12.6 Å². The second-order valence-electron chi connectivity index (χ2n) is 3.63. The third kappa shape index (κ3) is 4.27. The van der Waals surface area contributed by atoms with Crippen molar-refractivity contribution in [1.82, 2.24) is 15.2 Å². The summed E-state index contributed by atoms with van der Waals surface area (Å²) in [5, 5.41) is 11.8. The molecule has 0 saturated carbocycles. The summed E-state index contributed by atoms with van der Waals surface area (Å²) < 4.78 is 0. The Labute approximate surface area is 95.1 Å². The van der Waals surface area contributed by atoms with Crippen molar-refractivity contribution in [1.29, 1.82) is 0 Å². The molecule has 0 aliphatic heterocycles. The van der Waals surface area contributed by atoms with Crippen LogP contribution in [0, 0.1) is 0 Å². The Morgan fingerprint density at radius 1 is 1.56 bits per heavy atom. The predicted molar refractivity (Wildman–Crippen MR) is 60.9 cm³/mol. The number of carbonyl (C=O) groups excluding carboxylic acids is 1. The van der Waals surface area contributed by atoms with Gasteiger partial charge < -0.3 is 10.4 Å². The zero-order valence-corrected chi connectivity index (χ0v) is 9.60. The van der Waals surface area contributed by atoms with Crippen LogP contribution in [0.5, 0.6) is 5.75 Å². The maximum absolute atomic E-state index is 11.3. The number of likely N-dealkylation sites (N-methyl/N-ethyl adjacent to an activating group) is 2. The van der Waals surface area contributed by atoms with Gasteiger partial charge >= 0.3 is 0 Å². The van der Waals surface area contributed by atoms with Crippen molar-refractivity contribution in [2.45, 2.75) is 13.5 Å². The Kier molecular flexibility index (Phi) is 4.72. The van der Waals surface area contributed by atoms with E-state index in [-0.39, 0.29) is 11.7 Å². The molecule has 2 N–H and O–H groups in total. The first-order valence-electron chi connectivity index (χ1n) is 5.21. The summed E-state index contributed by atoms with van der Waals surface area (Å²) in [7, 11) is 1.85. The molecular formula is C11H17N3O2. The van der Waals surface area contributed by atoms with Gasteiger partial charge in [-0.05, 0) is 26.1 Å². The topological polar surface area (TPSA) is 65.5 Å². The normalized spacial score (nSPS) is 10.4. The zero-order chi connectivity index (χ0) is 12.0. The molecule has 0 radical (unpaired) electrons. The van der Waals surface area contributed by atoms with Gasteiger partial charge in [-0.25, -0.2) is 0 Å². The summed E-state index contributed by atoms with van der Waals surface area (Å²) >= 11 is 0. The molecule has 0 aliphatic rings. The minimum atomic E-state index is 0.00350. The monoisotopic (exact) mass is 223 g/mol. The van der Waals surface area contributed by atoms with Crippen molar-refractivity contribution >= 4 is 5.91 Å². The maximum atomic E-state index is 11.3. The van der Waals surface area contributed by atoms with Crippen molar-refractivity contribution in [2.24, 2.45) is 0 Å². The summed E-state index contributed by atoms with van der Waals surface area (Å²) in [4.78, 5) is 17.2. The van der Waals surface area contributed by atoms with Gasteiger partial charge in [0, 0.05) is 13.1 Å². The maximum Gasteiger partial charge on any atom is 0.234 e. The molecule has 5 nitrogen and oxygen atoms in total. The Morgan fingerprint density at radius 2 is 2.31 bits per heavy atom. The van der Waals surface area contributed by atoms with Crippen molar-refractivity contribution in [3.05, 3.63) is 24.0 Å². The van der Waals surface area contributed by atoms with Crippen LogP contribution in [0.25, 0.3) is 0 Å². The van der Waals surface area contributed by atoms with E-state index in [2.05, 4.69) is 10.3 Å². The first kappa shape index (κ1) is 12.4. The van der Waals surface area contributed by atoms with E-state index in [1.807, 2.05) is 18.9 Å². The van der Waals surface area contributed by atoms with E-state index in [0.717, 1.165) is 5.69 Å². The molecule has 5 heteroatoms. The fourth-order valence-corrected chi connectivity index (χ4v) is 1.34. The summed E-state index contributed by atoms with van der Waals surface area (Å²) in [6.07, 6.45) is 1.40. The highest BCUT2D eigenvalue weighted by Gasteiger charge is 2.06.